The largest absolute Gasteiger partial charge is 0.497 e. The Bertz CT molecular complexity index is 312. The van der Waals surface area contributed by atoms with Gasteiger partial charge in [-0.2, -0.15) is 0 Å². The summed E-state index contributed by atoms with van der Waals surface area (Å²) in [4.78, 5) is 0. The van der Waals surface area contributed by atoms with E-state index in [1.54, 1.807) is 21.1 Å². The summed E-state index contributed by atoms with van der Waals surface area (Å²) in [5, 5.41) is 2.85. The molecule has 1 unspecified atom stereocenters. The van der Waals surface area contributed by atoms with Gasteiger partial charge in [0.1, 0.15) is 11.4 Å². The Kier molecular flexibility index (Phi) is 4.09. The van der Waals surface area contributed by atoms with Crippen molar-refractivity contribution >= 4 is 0 Å². The van der Waals surface area contributed by atoms with Crippen LogP contribution in [-0.2, 0) is 6.42 Å². The third-order valence-corrected chi connectivity index (χ3v) is 2.25. The minimum absolute atomic E-state index is 0.351. The highest BCUT2D eigenvalue weighted by Crippen LogP contribution is 2.20. The summed E-state index contributed by atoms with van der Waals surface area (Å²) in [5.41, 5.74) is -0.268. The molecule has 1 aromatic carbocycles. The van der Waals surface area contributed by atoms with Crippen molar-refractivity contribution in [3.8, 4) is 5.75 Å². The second-order valence-electron chi connectivity index (χ2n) is 3.97. The molecule has 0 fully saturated rings. The van der Waals surface area contributed by atoms with E-state index in [2.05, 4.69) is 5.32 Å². The van der Waals surface area contributed by atoms with Gasteiger partial charge in [-0.25, -0.2) is 4.39 Å². The van der Waals surface area contributed by atoms with Crippen molar-refractivity contribution in [2.45, 2.75) is 19.0 Å². The number of halogens is 1. The van der Waals surface area contributed by atoms with E-state index in [-0.39, 0.29) is 0 Å². The van der Waals surface area contributed by atoms with Crippen molar-refractivity contribution in [2.75, 3.05) is 20.7 Å². The van der Waals surface area contributed by atoms with E-state index in [9.17, 15) is 4.39 Å². The van der Waals surface area contributed by atoms with Gasteiger partial charge >= 0.3 is 0 Å². The highest BCUT2D eigenvalue weighted by molar-refractivity contribution is 5.29. The molecular formula is C12H18FNO. The molecule has 15 heavy (non-hydrogen) atoms. The zero-order valence-electron chi connectivity index (χ0n) is 9.51. The van der Waals surface area contributed by atoms with E-state index in [1.807, 2.05) is 24.3 Å². The molecule has 0 aliphatic carbocycles. The molecule has 0 aliphatic heterocycles. The third-order valence-electron chi connectivity index (χ3n) is 2.25. The Hall–Kier alpha value is -1.09. The number of rotatable bonds is 5. The van der Waals surface area contributed by atoms with Crippen LogP contribution in [0, 0.1) is 0 Å². The second-order valence-corrected chi connectivity index (χ2v) is 3.97. The van der Waals surface area contributed by atoms with Gasteiger partial charge in [0.05, 0.1) is 7.11 Å². The predicted octanol–water partition coefficient (Wildman–Crippen LogP) is 2.19. The van der Waals surface area contributed by atoms with E-state index in [4.69, 9.17) is 4.74 Å². The van der Waals surface area contributed by atoms with E-state index in [0.717, 1.165) is 11.3 Å². The van der Waals surface area contributed by atoms with Crippen LogP contribution in [-0.4, -0.2) is 26.4 Å². The van der Waals surface area contributed by atoms with Crippen LogP contribution >= 0.6 is 0 Å². The summed E-state index contributed by atoms with van der Waals surface area (Å²) in [6.07, 6.45) is 0.394. The zero-order chi connectivity index (χ0) is 11.3. The molecule has 0 aromatic heterocycles. The highest BCUT2D eigenvalue weighted by Gasteiger charge is 2.22. The lowest BCUT2D eigenvalue weighted by atomic mass is 9.98. The molecule has 2 nitrogen and oxygen atoms in total. The fourth-order valence-electron chi connectivity index (χ4n) is 1.64. The summed E-state index contributed by atoms with van der Waals surface area (Å²) < 4.78 is 19.0. The van der Waals surface area contributed by atoms with Crippen molar-refractivity contribution in [1.29, 1.82) is 0 Å². The van der Waals surface area contributed by atoms with E-state index < -0.39 is 5.67 Å². The fraction of sp³-hybridized carbons (Fsp3) is 0.500. The molecule has 1 aromatic rings. The van der Waals surface area contributed by atoms with Crippen molar-refractivity contribution in [3.63, 3.8) is 0 Å². The van der Waals surface area contributed by atoms with Gasteiger partial charge in [0, 0.05) is 13.0 Å². The van der Waals surface area contributed by atoms with Crippen LogP contribution in [0.5, 0.6) is 5.75 Å². The SMILES string of the molecule is CNCC(C)(F)Cc1cccc(OC)c1. The van der Waals surface area contributed by atoms with Gasteiger partial charge in [0.2, 0.25) is 0 Å². The standard InChI is InChI=1S/C12H18FNO/c1-12(13,9-14-2)8-10-5-4-6-11(7-10)15-3/h4-7,14H,8-9H2,1-3H3. The number of benzene rings is 1. The van der Waals surface area contributed by atoms with Crippen LogP contribution in [0.3, 0.4) is 0 Å². The van der Waals surface area contributed by atoms with Gasteiger partial charge in [-0.1, -0.05) is 12.1 Å². The van der Waals surface area contributed by atoms with Gasteiger partial charge in [-0.3, -0.25) is 0 Å². The average Bonchev–Trinajstić information content (AvgIpc) is 2.17. The number of nitrogens with one attached hydrogen (secondary N) is 1. The van der Waals surface area contributed by atoms with Crippen LogP contribution in [0.1, 0.15) is 12.5 Å². The molecule has 1 rings (SSSR count). The van der Waals surface area contributed by atoms with E-state index in [1.165, 1.54) is 0 Å². The Balaban J connectivity index is 2.71. The number of hydrogen-bond donors (Lipinski definition) is 1. The first-order chi connectivity index (χ1) is 7.07. The lowest BCUT2D eigenvalue weighted by molar-refractivity contribution is 0.188. The lowest BCUT2D eigenvalue weighted by Crippen LogP contribution is -2.33. The van der Waals surface area contributed by atoms with E-state index in [0.29, 0.717) is 13.0 Å². The zero-order valence-corrected chi connectivity index (χ0v) is 9.51. The topological polar surface area (TPSA) is 21.3 Å². The maximum Gasteiger partial charge on any atom is 0.124 e. The molecule has 0 heterocycles. The minimum atomic E-state index is -1.22. The Morgan fingerprint density at radius 2 is 2.20 bits per heavy atom. The highest BCUT2D eigenvalue weighted by atomic mass is 19.1. The van der Waals surface area contributed by atoms with Crippen LogP contribution in [0.15, 0.2) is 24.3 Å². The maximum atomic E-state index is 13.9. The van der Waals surface area contributed by atoms with Crippen LogP contribution < -0.4 is 10.1 Å². The minimum Gasteiger partial charge on any atom is -0.497 e. The summed E-state index contributed by atoms with van der Waals surface area (Å²) in [6, 6.07) is 7.52. The number of ether oxygens (including phenoxy) is 1. The molecule has 0 radical (unpaired) electrons. The van der Waals surface area contributed by atoms with Crippen molar-refractivity contribution < 1.29 is 9.13 Å². The molecule has 0 spiro atoms. The monoisotopic (exact) mass is 211 g/mol. The number of methoxy groups -OCH3 is 1. The predicted molar refractivity (Wildman–Crippen MR) is 60.1 cm³/mol. The molecule has 0 amide bonds. The van der Waals surface area contributed by atoms with E-state index >= 15 is 0 Å². The second kappa shape index (κ2) is 5.12. The summed E-state index contributed by atoms with van der Waals surface area (Å²) in [6.45, 7) is 1.95. The molecule has 0 saturated heterocycles. The van der Waals surface area contributed by atoms with Crippen molar-refractivity contribution in [3.05, 3.63) is 29.8 Å². The molecule has 3 heteroatoms. The van der Waals surface area contributed by atoms with Crippen LogP contribution in [0.2, 0.25) is 0 Å². The van der Waals surface area contributed by atoms with Gasteiger partial charge in [0.15, 0.2) is 0 Å². The van der Waals surface area contributed by atoms with Crippen LogP contribution in [0.25, 0.3) is 0 Å². The Morgan fingerprint density at radius 1 is 1.47 bits per heavy atom. The quantitative estimate of drug-likeness (QED) is 0.806. The molecular weight excluding hydrogens is 193 g/mol. The fourth-order valence-corrected chi connectivity index (χ4v) is 1.64. The first-order valence-electron chi connectivity index (χ1n) is 5.04. The first kappa shape index (κ1) is 12.0. The molecule has 0 bridgehead atoms. The smallest absolute Gasteiger partial charge is 0.124 e. The molecule has 0 saturated carbocycles. The number of alkyl halides is 1. The molecule has 84 valence electrons. The van der Waals surface area contributed by atoms with Crippen LogP contribution in [0.4, 0.5) is 4.39 Å². The first-order valence-corrected chi connectivity index (χ1v) is 5.04. The Labute approximate surface area is 90.4 Å². The summed E-state index contributed by atoms with van der Waals surface area (Å²) >= 11 is 0. The van der Waals surface area contributed by atoms with Gasteiger partial charge in [-0.05, 0) is 31.7 Å². The van der Waals surface area contributed by atoms with Gasteiger partial charge in [-0.15, -0.1) is 0 Å². The molecule has 0 aliphatic rings. The summed E-state index contributed by atoms with van der Waals surface area (Å²) in [5.74, 6) is 0.771. The third kappa shape index (κ3) is 3.88. The number of hydrogen-bond acceptors (Lipinski definition) is 2. The summed E-state index contributed by atoms with van der Waals surface area (Å²) in [7, 11) is 3.37. The lowest BCUT2D eigenvalue weighted by Gasteiger charge is -2.20. The molecule has 1 atom stereocenters. The molecule has 1 N–H and O–H groups in total. The van der Waals surface area contributed by atoms with Gasteiger partial charge < -0.3 is 10.1 Å². The maximum absolute atomic E-state index is 13.9. The van der Waals surface area contributed by atoms with Crippen molar-refractivity contribution in [1.82, 2.24) is 5.32 Å². The van der Waals surface area contributed by atoms with Gasteiger partial charge in [0.25, 0.3) is 0 Å². The normalized spacial score (nSPS) is 14.7. The average molecular weight is 211 g/mol. The Morgan fingerprint density at radius 3 is 2.80 bits per heavy atom. The van der Waals surface area contributed by atoms with Crippen molar-refractivity contribution in [2.24, 2.45) is 0 Å².